The number of ether oxygens (including phenoxy) is 1. The van der Waals surface area contributed by atoms with Crippen molar-refractivity contribution in [1.29, 1.82) is 0 Å². The quantitative estimate of drug-likeness (QED) is 0.915. The van der Waals surface area contributed by atoms with Crippen LogP contribution in [0.15, 0.2) is 48.7 Å². The van der Waals surface area contributed by atoms with Gasteiger partial charge >= 0.3 is 0 Å². The molecular weight excluding hydrogens is 264 g/mol. The molecule has 1 aromatic carbocycles. The maximum absolute atomic E-state index is 11.9. The summed E-state index contributed by atoms with van der Waals surface area (Å²) >= 11 is 0. The molecule has 108 valence electrons. The second kappa shape index (κ2) is 6.39. The van der Waals surface area contributed by atoms with Gasteiger partial charge in [0.1, 0.15) is 5.75 Å². The zero-order chi connectivity index (χ0) is 14.5. The summed E-state index contributed by atoms with van der Waals surface area (Å²) in [6.07, 6.45) is 4.86. The van der Waals surface area contributed by atoms with Crippen molar-refractivity contribution in [2.45, 2.75) is 25.8 Å². The van der Waals surface area contributed by atoms with Crippen LogP contribution in [0.2, 0.25) is 0 Å². The van der Waals surface area contributed by atoms with Crippen LogP contribution in [-0.4, -0.2) is 10.9 Å². The number of hydrogen-bond acceptors (Lipinski definition) is 3. The van der Waals surface area contributed by atoms with E-state index in [4.69, 9.17) is 4.74 Å². The lowest BCUT2D eigenvalue weighted by Gasteiger charge is -2.24. The molecule has 4 nitrogen and oxygen atoms in total. The summed E-state index contributed by atoms with van der Waals surface area (Å²) < 4.78 is 5.78. The summed E-state index contributed by atoms with van der Waals surface area (Å²) in [6.45, 7) is 0.450. The normalized spacial score (nSPS) is 14.3. The van der Waals surface area contributed by atoms with Crippen LogP contribution in [0.3, 0.4) is 0 Å². The Morgan fingerprint density at radius 2 is 2.00 bits per heavy atom. The summed E-state index contributed by atoms with van der Waals surface area (Å²) in [5.74, 6) is 1.61. The largest absolute Gasteiger partial charge is 0.439 e. The van der Waals surface area contributed by atoms with Gasteiger partial charge in [0.15, 0.2) is 0 Å². The van der Waals surface area contributed by atoms with E-state index in [2.05, 4.69) is 10.3 Å². The van der Waals surface area contributed by atoms with Crippen LogP contribution in [-0.2, 0) is 11.3 Å². The Kier molecular flexibility index (Phi) is 4.15. The van der Waals surface area contributed by atoms with Crippen molar-refractivity contribution < 1.29 is 9.53 Å². The predicted octanol–water partition coefficient (Wildman–Crippen LogP) is 3.29. The third kappa shape index (κ3) is 3.40. The number of aromatic nitrogens is 1. The molecule has 1 heterocycles. The summed E-state index contributed by atoms with van der Waals surface area (Å²) in [6, 6.07) is 13.3. The number of carbonyl (C=O) groups is 1. The van der Waals surface area contributed by atoms with Gasteiger partial charge in [-0.1, -0.05) is 30.7 Å². The number of pyridine rings is 1. The number of carbonyl (C=O) groups excluding carboxylic acids is 1. The first-order valence-corrected chi connectivity index (χ1v) is 7.27. The highest BCUT2D eigenvalue weighted by molar-refractivity contribution is 5.79. The summed E-state index contributed by atoms with van der Waals surface area (Å²) in [5, 5.41) is 2.97. The zero-order valence-electron chi connectivity index (χ0n) is 11.8. The van der Waals surface area contributed by atoms with Gasteiger partial charge in [-0.15, -0.1) is 0 Å². The molecule has 1 aliphatic carbocycles. The molecule has 21 heavy (non-hydrogen) atoms. The molecule has 4 heteroatoms. The SMILES string of the molecule is O=C(NCc1cccnc1Oc1ccccc1)C1CCC1. The molecule has 1 saturated carbocycles. The van der Waals surface area contributed by atoms with Crippen molar-refractivity contribution in [1.82, 2.24) is 10.3 Å². The van der Waals surface area contributed by atoms with Gasteiger partial charge in [-0.05, 0) is 31.0 Å². The maximum Gasteiger partial charge on any atom is 0.224 e. The van der Waals surface area contributed by atoms with Crippen LogP contribution in [0.4, 0.5) is 0 Å². The maximum atomic E-state index is 11.9. The Balaban J connectivity index is 1.66. The van der Waals surface area contributed by atoms with Gasteiger partial charge in [0.05, 0.1) is 0 Å². The van der Waals surface area contributed by atoms with Crippen LogP contribution in [0, 0.1) is 5.92 Å². The van der Waals surface area contributed by atoms with Crippen LogP contribution < -0.4 is 10.1 Å². The molecule has 3 rings (SSSR count). The molecule has 0 bridgehead atoms. The Morgan fingerprint density at radius 3 is 2.71 bits per heavy atom. The van der Waals surface area contributed by atoms with Crippen molar-refractivity contribution in [3.05, 3.63) is 54.2 Å². The highest BCUT2D eigenvalue weighted by Crippen LogP contribution is 2.27. The van der Waals surface area contributed by atoms with Gasteiger partial charge in [0.25, 0.3) is 0 Å². The first-order valence-electron chi connectivity index (χ1n) is 7.27. The van der Waals surface area contributed by atoms with E-state index in [1.807, 2.05) is 42.5 Å². The average molecular weight is 282 g/mol. The molecule has 1 aromatic heterocycles. The van der Waals surface area contributed by atoms with E-state index in [0.717, 1.165) is 30.6 Å². The van der Waals surface area contributed by atoms with Crippen molar-refractivity contribution in [2.24, 2.45) is 5.92 Å². The minimum atomic E-state index is 0.135. The standard InChI is InChI=1S/C17H18N2O2/c20-16(13-6-4-7-13)19-12-14-8-5-11-18-17(14)21-15-9-2-1-3-10-15/h1-3,5,8-11,13H,4,6-7,12H2,(H,19,20). The molecule has 0 atom stereocenters. The smallest absolute Gasteiger partial charge is 0.224 e. The summed E-state index contributed by atoms with van der Waals surface area (Å²) in [4.78, 5) is 16.2. The molecule has 1 fully saturated rings. The number of nitrogens with zero attached hydrogens (tertiary/aromatic N) is 1. The van der Waals surface area contributed by atoms with E-state index >= 15 is 0 Å². The molecule has 0 unspecified atom stereocenters. The molecule has 0 radical (unpaired) electrons. The Morgan fingerprint density at radius 1 is 1.19 bits per heavy atom. The second-order valence-corrected chi connectivity index (χ2v) is 5.23. The molecule has 0 saturated heterocycles. The third-order valence-electron chi connectivity index (χ3n) is 3.74. The highest BCUT2D eigenvalue weighted by Gasteiger charge is 2.24. The fraction of sp³-hybridized carbons (Fsp3) is 0.294. The fourth-order valence-corrected chi connectivity index (χ4v) is 2.25. The number of para-hydroxylation sites is 1. The van der Waals surface area contributed by atoms with Gasteiger partial charge in [-0.2, -0.15) is 0 Å². The molecule has 1 aliphatic rings. The molecule has 0 aliphatic heterocycles. The first-order chi connectivity index (χ1) is 10.3. The lowest BCUT2D eigenvalue weighted by atomic mass is 9.85. The Bertz CT molecular complexity index is 609. The summed E-state index contributed by atoms with van der Waals surface area (Å²) in [5.41, 5.74) is 0.883. The lowest BCUT2D eigenvalue weighted by Crippen LogP contribution is -2.34. The monoisotopic (exact) mass is 282 g/mol. The van der Waals surface area contributed by atoms with Crippen molar-refractivity contribution >= 4 is 5.91 Å². The van der Waals surface area contributed by atoms with E-state index in [-0.39, 0.29) is 11.8 Å². The van der Waals surface area contributed by atoms with Crippen LogP contribution in [0.1, 0.15) is 24.8 Å². The van der Waals surface area contributed by atoms with Crippen LogP contribution in [0.25, 0.3) is 0 Å². The van der Waals surface area contributed by atoms with E-state index in [1.165, 1.54) is 0 Å². The van der Waals surface area contributed by atoms with Gasteiger partial charge in [-0.25, -0.2) is 4.98 Å². The van der Waals surface area contributed by atoms with E-state index in [0.29, 0.717) is 12.4 Å². The fourth-order valence-electron chi connectivity index (χ4n) is 2.25. The molecule has 1 amide bonds. The van der Waals surface area contributed by atoms with Gasteiger partial charge in [-0.3, -0.25) is 4.79 Å². The Hall–Kier alpha value is -2.36. The number of benzene rings is 1. The minimum absolute atomic E-state index is 0.135. The predicted molar refractivity (Wildman–Crippen MR) is 79.9 cm³/mol. The van der Waals surface area contributed by atoms with Crippen LogP contribution in [0.5, 0.6) is 11.6 Å². The van der Waals surface area contributed by atoms with E-state index < -0.39 is 0 Å². The molecule has 2 aromatic rings. The van der Waals surface area contributed by atoms with Crippen LogP contribution >= 0.6 is 0 Å². The van der Waals surface area contributed by atoms with Crippen molar-refractivity contribution in [3.63, 3.8) is 0 Å². The van der Waals surface area contributed by atoms with E-state index in [9.17, 15) is 4.79 Å². The highest BCUT2D eigenvalue weighted by atomic mass is 16.5. The number of rotatable bonds is 5. The number of amides is 1. The first kappa shape index (κ1) is 13.6. The minimum Gasteiger partial charge on any atom is -0.439 e. The molecule has 1 N–H and O–H groups in total. The Labute approximate surface area is 124 Å². The molecule has 0 spiro atoms. The number of hydrogen-bond donors (Lipinski definition) is 1. The number of nitrogens with one attached hydrogen (secondary N) is 1. The van der Waals surface area contributed by atoms with Gasteiger partial charge in [0.2, 0.25) is 11.8 Å². The van der Waals surface area contributed by atoms with Gasteiger partial charge < -0.3 is 10.1 Å². The topological polar surface area (TPSA) is 51.2 Å². The van der Waals surface area contributed by atoms with Crippen molar-refractivity contribution in [2.75, 3.05) is 0 Å². The third-order valence-corrected chi connectivity index (χ3v) is 3.74. The van der Waals surface area contributed by atoms with Gasteiger partial charge in [0, 0.05) is 24.2 Å². The lowest BCUT2D eigenvalue weighted by molar-refractivity contribution is -0.127. The van der Waals surface area contributed by atoms with Crippen molar-refractivity contribution in [3.8, 4) is 11.6 Å². The summed E-state index contributed by atoms with van der Waals surface area (Å²) in [7, 11) is 0. The van der Waals surface area contributed by atoms with E-state index in [1.54, 1.807) is 6.20 Å². The average Bonchev–Trinajstić information content (AvgIpc) is 2.46. The molecular formula is C17H18N2O2. The second-order valence-electron chi connectivity index (χ2n) is 5.23. The zero-order valence-corrected chi connectivity index (χ0v) is 11.8.